The summed E-state index contributed by atoms with van der Waals surface area (Å²) in [7, 11) is -1.29. The van der Waals surface area contributed by atoms with Crippen LogP contribution in [0.2, 0.25) is 16.6 Å². The molecule has 0 rings (SSSR count). The molecule has 0 radical (unpaired) electrons. The Morgan fingerprint density at radius 2 is 1.28 bits per heavy atom. The van der Waals surface area contributed by atoms with Gasteiger partial charge in [0.2, 0.25) is 0 Å². The quantitative estimate of drug-likeness (QED) is 0.439. The summed E-state index contributed by atoms with van der Waals surface area (Å²) in [6.45, 7) is 21.8. The standard InChI is InChI=1S/C15H34OSSi/c1-12(2)18(13(3)4,14(5)6)17-11-10-16-15(7,8)9/h12-14H,10-11H2,1-9H3. The smallest absolute Gasteiger partial charge is 0.125 e. The van der Waals surface area contributed by atoms with E-state index in [1.165, 1.54) is 0 Å². The summed E-state index contributed by atoms with van der Waals surface area (Å²) < 4.78 is 5.87. The van der Waals surface area contributed by atoms with Crippen molar-refractivity contribution in [1.29, 1.82) is 0 Å². The molecule has 0 bridgehead atoms. The Kier molecular flexibility index (Phi) is 7.56. The number of ether oxygens (including phenoxy) is 1. The highest BCUT2D eigenvalue weighted by atomic mass is 32.4. The largest absolute Gasteiger partial charge is 0.375 e. The van der Waals surface area contributed by atoms with Crippen molar-refractivity contribution in [1.82, 2.24) is 0 Å². The zero-order valence-corrected chi connectivity index (χ0v) is 15.8. The Morgan fingerprint density at radius 1 is 0.889 bits per heavy atom. The zero-order chi connectivity index (χ0) is 14.6. The zero-order valence-electron chi connectivity index (χ0n) is 14.0. The van der Waals surface area contributed by atoms with Crippen molar-refractivity contribution in [3.8, 4) is 0 Å². The number of hydrogen-bond acceptors (Lipinski definition) is 2. The van der Waals surface area contributed by atoms with Gasteiger partial charge in [0.05, 0.1) is 12.2 Å². The molecule has 0 fully saturated rings. The van der Waals surface area contributed by atoms with Crippen molar-refractivity contribution in [2.75, 3.05) is 12.4 Å². The molecule has 0 aromatic carbocycles. The van der Waals surface area contributed by atoms with Gasteiger partial charge in [0.1, 0.15) is 7.22 Å². The molecule has 0 amide bonds. The van der Waals surface area contributed by atoms with Crippen LogP contribution in [0.1, 0.15) is 62.3 Å². The molecule has 0 aromatic heterocycles. The predicted molar refractivity (Wildman–Crippen MR) is 89.2 cm³/mol. The lowest BCUT2D eigenvalue weighted by molar-refractivity contribution is 0.00700. The van der Waals surface area contributed by atoms with Crippen LogP contribution < -0.4 is 0 Å². The minimum absolute atomic E-state index is 0.00172. The molecular weight excluding hydrogens is 256 g/mol. The van der Waals surface area contributed by atoms with E-state index in [2.05, 4.69) is 73.5 Å². The van der Waals surface area contributed by atoms with Crippen LogP contribution in [0.15, 0.2) is 0 Å². The van der Waals surface area contributed by atoms with Gasteiger partial charge in [-0.05, 0) is 37.4 Å². The third kappa shape index (κ3) is 5.26. The molecule has 0 unspecified atom stereocenters. The summed E-state index contributed by atoms with van der Waals surface area (Å²) in [6.07, 6.45) is 0. The van der Waals surface area contributed by atoms with E-state index in [0.717, 1.165) is 29.0 Å². The Labute approximate surface area is 120 Å². The van der Waals surface area contributed by atoms with Crippen LogP contribution in [-0.2, 0) is 4.74 Å². The molecule has 18 heavy (non-hydrogen) atoms. The van der Waals surface area contributed by atoms with E-state index in [1.807, 2.05) is 0 Å². The fraction of sp³-hybridized carbons (Fsp3) is 1.00. The average molecular weight is 291 g/mol. The summed E-state index contributed by atoms with van der Waals surface area (Å²) in [6, 6.07) is 0. The second kappa shape index (κ2) is 7.35. The molecule has 1 nitrogen and oxygen atoms in total. The van der Waals surface area contributed by atoms with E-state index >= 15 is 0 Å². The van der Waals surface area contributed by atoms with Gasteiger partial charge in [0.15, 0.2) is 0 Å². The first-order valence-electron chi connectivity index (χ1n) is 7.32. The minimum Gasteiger partial charge on any atom is -0.375 e. The maximum absolute atomic E-state index is 5.87. The van der Waals surface area contributed by atoms with Crippen molar-refractivity contribution in [2.24, 2.45) is 0 Å². The Bertz CT molecular complexity index is 209. The highest BCUT2D eigenvalue weighted by Crippen LogP contribution is 2.49. The van der Waals surface area contributed by atoms with Gasteiger partial charge in [0.25, 0.3) is 0 Å². The van der Waals surface area contributed by atoms with E-state index in [9.17, 15) is 0 Å². The lowest BCUT2D eigenvalue weighted by Gasteiger charge is -2.42. The van der Waals surface area contributed by atoms with E-state index in [-0.39, 0.29) is 5.60 Å². The highest BCUT2D eigenvalue weighted by molar-refractivity contribution is 8.29. The average Bonchev–Trinajstić information content (AvgIpc) is 2.13. The lowest BCUT2D eigenvalue weighted by Crippen LogP contribution is -2.41. The lowest BCUT2D eigenvalue weighted by atomic mass is 10.2. The van der Waals surface area contributed by atoms with Crippen molar-refractivity contribution in [3.63, 3.8) is 0 Å². The summed E-state index contributed by atoms with van der Waals surface area (Å²) in [4.78, 5) is 0. The summed E-state index contributed by atoms with van der Waals surface area (Å²) >= 11 is 2.25. The second-order valence-electron chi connectivity index (χ2n) is 7.13. The van der Waals surface area contributed by atoms with Gasteiger partial charge in [-0.3, -0.25) is 0 Å². The van der Waals surface area contributed by atoms with Crippen LogP contribution in [0.5, 0.6) is 0 Å². The van der Waals surface area contributed by atoms with Gasteiger partial charge in [-0.1, -0.05) is 41.5 Å². The molecule has 0 aliphatic rings. The van der Waals surface area contributed by atoms with Crippen molar-refractivity contribution < 1.29 is 4.74 Å². The molecule has 3 heteroatoms. The first-order chi connectivity index (χ1) is 8.04. The fourth-order valence-corrected chi connectivity index (χ4v) is 12.9. The van der Waals surface area contributed by atoms with Gasteiger partial charge in [-0.25, -0.2) is 0 Å². The molecule has 0 aromatic rings. The third-order valence-corrected chi connectivity index (χ3v) is 16.3. The van der Waals surface area contributed by atoms with Gasteiger partial charge in [0, 0.05) is 5.75 Å². The van der Waals surface area contributed by atoms with Crippen LogP contribution >= 0.6 is 11.2 Å². The maximum atomic E-state index is 5.87. The third-order valence-electron chi connectivity index (χ3n) is 3.68. The van der Waals surface area contributed by atoms with Crippen molar-refractivity contribution >= 4 is 18.4 Å². The Hall–Kier alpha value is 0.527. The SMILES string of the molecule is CC(C)[Si](SCCOC(C)(C)C)(C(C)C)C(C)C. The van der Waals surface area contributed by atoms with Crippen LogP contribution in [0.25, 0.3) is 0 Å². The van der Waals surface area contributed by atoms with Crippen molar-refractivity contribution in [3.05, 3.63) is 0 Å². The van der Waals surface area contributed by atoms with Gasteiger partial charge in [-0.2, -0.15) is 11.2 Å². The molecule has 0 spiro atoms. The van der Waals surface area contributed by atoms with Gasteiger partial charge >= 0.3 is 0 Å². The van der Waals surface area contributed by atoms with Crippen LogP contribution in [0, 0.1) is 0 Å². The van der Waals surface area contributed by atoms with Gasteiger partial charge in [-0.15, -0.1) is 0 Å². The fourth-order valence-electron chi connectivity index (χ4n) is 3.07. The van der Waals surface area contributed by atoms with Crippen LogP contribution in [0.3, 0.4) is 0 Å². The predicted octanol–water partition coefficient (Wildman–Crippen LogP) is 5.71. The minimum atomic E-state index is -1.29. The molecular formula is C15H34OSSi. The molecule has 0 aliphatic heterocycles. The number of hydrogen-bond donors (Lipinski definition) is 0. The Balaban J connectivity index is 4.53. The molecule has 0 N–H and O–H groups in total. The molecule has 0 saturated carbocycles. The number of rotatable bonds is 7. The van der Waals surface area contributed by atoms with E-state index < -0.39 is 7.22 Å². The van der Waals surface area contributed by atoms with Crippen LogP contribution in [-0.4, -0.2) is 25.2 Å². The normalized spacial score (nSPS) is 14.0. The van der Waals surface area contributed by atoms with E-state index in [1.54, 1.807) is 0 Å². The summed E-state index contributed by atoms with van der Waals surface area (Å²) in [5, 5.41) is 0. The van der Waals surface area contributed by atoms with E-state index in [4.69, 9.17) is 4.74 Å². The summed E-state index contributed by atoms with van der Waals surface area (Å²) in [5.74, 6) is 1.15. The molecule has 0 saturated heterocycles. The second-order valence-corrected chi connectivity index (χ2v) is 16.0. The highest BCUT2D eigenvalue weighted by Gasteiger charge is 2.43. The molecule has 0 atom stereocenters. The topological polar surface area (TPSA) is 9.23 Å². The van der Waals surface area contributed by atoms with Crippen molar-refractivity contribution in [2.45, 2.75) is 84.5 Å². The van der Waals surface area contributed by atoms with Gasteiger partial charge < -0.3 is 4.74 Å². The molecule has 0 heterocycles. The molecule has 0 aliphatic carbocycles. The molecule has 110 valence electrons. The van der Waals surface area contributed by atoms with E-state index in [0.29, 0.717) is 0 Å². The first-order valence-corrected chi connectivity index (χ1v) is 11.3. The Morgan fingerprint density at radius 3 is 1.56 bits per heavy atom. The monoisotopic (exact) mass is 290 g/mol. The maximum Gasteiger partial charge on any atom is 0.125 e. The van der Waals surface area contributed by atoms with Crippen LogP contribution in [0.4, 0.5) is 0 Å². The summed E-state index contributed by atoms with van der Waals surface area (Å²) in [5.41, 5.74) is 2.49. The first kappa shape index (κ1) is 18.5.